The monoisotopic (exact) mass is 339 g/mol. The van der Waals surface area contributed by atoms with Crippen LogP contribution in [-0.2, 0) is 16.6 Å². The highest BCUT2D eigenvalue weighted by molar-refractivity contribution is 5.89. The van der Waals surface area contributed by atoms with E-state index in [4.69, 9.17) is 4.74 Å². The molecule has 0 bridgehead atoms. The number of hydrogen-bond donors (Lipinski definition) is 1. The van der Waals surface area contributed by atoms with Crippen LogP contribution in [0.3, 0.4) is 0 Å². The van der Waals surface area contributed by atoms with Gasteiger partial charge >= 0.3 is 0 Å². The Hall–Kier alpha value is -2.36. The van der Waals surface area contributed by atoms with Crippen molar-refractivity contribution < 1.29 is 13.9 Å². The van der Waals surface area contributed by atoms with E-state index in [1.165, 1.54) is 17.7 Å². The summed E-state index contributed by atoms with van der Waals surface area (Å²) in [5, 5.41) is 3.10. The van der Waals surface area contributed by atoms with Crippen molar-refractivity contribution in [1.82, 2.24) is 5.32 Å². The Bertz CT molecular complexity index is 785. The van der Waals surface area contributed by atoms with Crippen molar-refractivity contribution in [3.8, 4) is 5.75 Å². The van der Waals surface area contributed by atoms with Crippen LogP contribution >= 0.6 is 0 Å². The summed E-state index contributed by atoms with van der Waals surface area (Å²) >= 11 is 0. The molecule has 0 spiro atoms. The minimum Gasteiger partial charge on any atom is -0.493 e. The van der Waals surface area contributed by atoms with Crippen molar-refractivity contribution in [3.05, 3.63) is 65.5 Å². The molecule has 1 saturated carbocycles. The van der Waals surface area contributed by atoms with Crippen molar-refractivity contribution in [2.24, 2.45) is 5.92 Å². The number of carbonyl (C=O) groups excluding carboxylic acids is 1. The van der Waals surface area contributed by atoms with E-state index < -0.39 is 5.41 Å². The first-order valence-electron chi connectivity index (χ1n) is 8.92. The smallest absolute Gasteiger partial charge is 0.230 e. The van der Waals surface area contributed by atoms with Gasteiger partial charge in [-0.1, -0.05) is 36.8 Å². The second kappa shape index (κ2) is 6.51. The molecule has 2 aromatic carbocycles. The van der Waals surface area contributed by atoms with Gasteiger partial charge in [-0.3, -0.25) is 4.79 Å². The zero-order valence-corrected chi connectivity index (χ0v) is 14.1. The second-order valence-corrected chi connectivity index (χ2v) is 7.14. The molecule has 1 aliphatic carbocycles. The first-order chi connectivity index (χ1) is 12.2. The summed E-state index contributed by atoms with van der Waals surface area (Å²) in [6, 6.07) is 14.5. The lowest BCUT2D eigenvalue weighted by Crippen LogP contribution is -2.50. The molecule has 1 heterocycles. The summed E-state index contributed by atoms with van der Waals surface area (Å²) < 4.78 is 19.4. The van der Waals surface area contributed by atoms with Gasteiger partial charge in [0.25, 0.3) is 0 Å². The second-order valence-electron chi connectivity index (χ2n) is 7.14. The number of hydrogen-bond acceptors (Lipinski definition) is 2. The summed E-state index contributed by atoms with van der Waals surface area (Å²) in [4.78, 5) is 12.9. The third kappa shape index (κ3) is 3.01. The van der Waals surface area contributed by atoms with Crippen LogP contribution in [0.15, 0.2) is 48.5 Å². The Morgan fingerprint density at radius 1 is 1.20 bits per heavy atom. The third-order valence-electron chi connectivity index (χ3n) is 5.53. The Morgan fingerprint density at radius 3 is 2.80 bits per heavy atom. The number of para-hydroxylation sites is 1. The first-order valence-corrected chi connectivity index (χ1v) is 8.92. The molecule has 130 valence electrons. The van der Waals surface area contributed by atoms with Crippen LogP contribution in [0, 0.1) is 11.7 Å². The standard InChI is InChI=1S/C21H22FNO2/c22-18-7-3-6-17(12-18)21(9-4-10-21)20(24)23-13-15-11-16-5-1-2-8-19(16)25-14-15/h1-3,5-8,12,15H,4,9-11,13-14H2,(H,23,24). The molecule has 0 radical (unpaired) electrons. The minimum absolute atomic E-state index is 0.0169. The van der Waals surface area contributed by atoms with E-state index in [9.17, 15) is 9.18 Å². The molecule has 1 unspecified atom stereocenters. The van der Waals surface area contributed by atoms with E-state index in [2.05, 4.69) is 11.4 Å². The molecule has 0 aromatic heterocycles. The van der Waals surface area contributed by atoms with Crippen LogP contribution in [0.5, 0.6) is 5.75 Å². The molecule has 1 amide bonds. The van der Waals surface area contributed by atoms with Gasteiger partial charge in [-0.15, -0.1) is 0 Å². The van der Waals surface area contributed by atoms with E-state index in [0.29, 0.717) is 13.2 Å². The van der Waals surface area contributed by atoms with E-state index in [0.717, 1.165) is 37.0 Å². The van der Waals surface area contributed by atoms with Crippen molar-refractivity contribution in [2.45, 2.75) is 31.1 Å². The Morgan fingerprint density at radius 2 is 2.04 bits per heavy atom. The normalized spacial score (nSPS) is 20.8. The fourth-order valence-electron chi connectivity index (χ4n) is 3.89. The van der Waals surface area contributed by atoms with E-state index >= 15 is 0 Å². The Balaban J connectivity index is 1.42. The van der Waals surface area contributed by atoms with Gasteiger partial charge in [0.15, 0.2) is 0 Å². The van der Waals surface area contributed by atoms with Crippen LogP contribution in [0.2, 0.25) is 0 Å². The summed E-state index contributed by atoms with van der Waals surface area (Å²) in [7, 11) is 0. The van der Waals surface area contributed by atoms with Gasteiger partial charge in [0.05, 0.1) is 12.0 Å². The summed E-state index contributed by atoms with van der Waals surface area (Å²) in [6.07, 6.45) is 3.48. The lowest BCUT2D eigenvalue weighted by molar-refractivity contribution is -0.130. The number of halogens is 1. The molecule has 1 atom stereocenters. The van der Waals surface area contributed by atoms with Crippen LogP contribution in [-0.4, -0.2) is 19.1 Å². The van der Waals surface area contributed by atoms with E-state index in [1.807, 2.05) is 24.3 Å². The van der Waals surface area contributed by atoms with E-state index in [1.54, 1.807) is 6.07 Å². The maximum atomic E-state index is 13.6. The van der Waals surface area contributed by atoms with Crippen LogP contribution < -0.4 is 10.1 Å². The molecule has 1 N–H and O–H groups in total. The highest BCUT2D eigenvalue weighted by atomic mass is 19.1. The maximum absolute atomic E-state index is 13.6. The topological polar surface area (TPSA) is 38.3 Å². The van der Waals surface area contributed by atoms with Crippen molar-refractivity contribution >= 4 is 5.91 Å². The molecule has 4 rings (SSSR count). The number of fused-ring (bicyclic) bond motifs is 1. The van der Waals surface area contributed by atoms with E-state index in [-0.39, 0.29) is 17.6 Å². The summed E-state index contributed by atoms with van der Waals surface area (Å²) in [5.74, 6) is 0.945. The van der Waals surface area contributed by atoms with Gasteiger partial charge < -0.3 is 10.1 Å². The van der Waals surface area contributed by atoms with Crippen LogP contribution in [0.4, 0.5) is 4.39 Å². The molecule has 1 aliphatic heterocycles. The Labute approximate surface area is 147 Å². The summed E-state index contributed by atoms with van der Waals surface area (Å²) in [5.41, 5.74) is 1.42. The number of amides is 1. The maximum Gasteiger partial charge on any atom is 0.230 e. The lowest BCUT2D eigenvalue weighted by Gasteiger charge is -2.41. The highest BCUT2D eigenvalue weighted by Gasteiger charge is 2.45. The van der Waals surface area contributed by atoms with Crippen molar-refractivity contribution in [2.75, 3.05) is 13.2 Å². The molecule has 25 heavy (non-hydrogen) atoms. The zero-order chi connectivity index (χ0) is 17.3. The quantitative estimate of drug-likeness (QED) is 0.924. The molecule has 0 saturated heterocycles. The molecular formula is C21H22FNO2. The Kier molecular flexibility index (Phi) is 4.20. The number of nitrogens with one attached hydrogen (secondary N) is 1. The molecular weight excluding hydrogens is 317 g/mol. The van der Waals surface area contributed by atoms with Gasteiger partial charge in [0, 0.05) is 12.5 Å². The number of rotatable bonds is 4. The molecule has 2 aromatic rings. The predicted octanol–water partition coefficient (Wildman–Crippen LogP) is 3.61. The minimum atomic E-state index is -0.560. The number of ether oxygens (including phenoxy) is 1. The van der Waals surface area contributed by atoms with Gasteiger partial charge in [0.2, 0.25) is 5.91 Å². The van der Waals surface area contributed by atoms with Gasteiger partial charge in [-0.25, -0.2) is 4.39 Å². The zero-order valence-electron chi connectivity index (χ0n) is 14.1. The average molecular weight is 339 g/mol. The largest absolute Gasteiger partial charge is 0.493 e. The first kappa shape index (κ1) is 16.1. The number of benzene rings is 2. The van der Waals surface area contributed by atoms with Crippen molar-refractivity contribution in [3.63, 3.8) is 0 Å². The SMILES string of the molecule is O=C(NCC1COc2ccccc2C1)C1(c2cccc(F)c2)CCC1. The molecule has 3 nitrogen and oxygen atoms in total. The summed E-state index contributed by atoms with van der Waals surface area (Å²) in [6.45, 7) is 1.20. The molecule has 2 aliphatic rings. The lowest BCUT2D eigenvalue weighted by atomic mass is 9.63. The highest BCUT2D eigenvalue weighted by Crippen LogP contribution is 2.44. The van der Waals surface area contributed by atoms with Gasteiger partial charge in [0.1, 0.15) is 11.6 Å². The van der Waals surface area contributed by atoms with Crippen molar-refractivity contribution in [1.29, 1.82) is 0 Å². The van der Waals surface area contributed by atoms with Gasteiger partial charge in [-0.05, 0) is 48.6 Å². The fraction of sp³-hybridized carbons (Fsp3) is 0.381. The van der Waals surface area contributed by atoms with Gasteiger partial charge in [-0.2, -0.15) is 0 Å². The third-order valence-corrected chi connectivity index (χ3v) is 5.53. The van der Waals surface area contributed by atoms with Crippen LogP contribution in [0.25, 0.3) is 0 Å². The van der Waals surface area contributed by atoms with Crippen LogP contribution in [0.1, 0.15) is 30.4 Å². The number of carbonyl (C=O) groups is 1. The molecule has 1 fully saturated rings. The average Bonchev–Trinajstić information content (AvgIpc) is 2.59. The molecule has 4 heteroatoms. The predicted molar refractivity (Wildman–Crippen MR) is 94.1 cm³/mol. The fourth-order valence-corrected chi connectivity index (χ4v) is 3.89.